The fraction of sp³-hybridized carbons (Fsp3) is 0.385. The maximum absolute atomic E-state index is 12.1. The first-order chi connectivity index (χ1) is 9.90. The Kier molecular flexibility index (Phi) is 4.46. The third kappa shape index (κ3) is 3.33. The van der Waals surface area contributed by atoms with Gasteiger partial charge in [0.2, 0.25) is 0 Å². The van der Waals surface area contributed by atoms with Crippen molar-refractivity contribution in [1.29, 1.82) is 0 Å². The monoisotopic (exact) mass is 308 g/mol. The summed E-state index contributed by atoms with van der Waals surface area (Å²) < 4.78 is 1.77. The van der Waals surface area contributed by atoms with Gasteiger partial charge >= 0.3 is 5.97 Å². The van der Waals surface area contributed by atoms with Crippen molar-refractivity contribution in [2.75, 3.05) is 5.75 Å². The molecule has 2 N–H and O–H groups in total. The van der Waals surface area contributed by atoms with E-state index in [4.69, 9.17) is 5.11 Å². The van der Waals surface area contributed by atoms with Gasteiger partial charge in [0.15, 0.2) is 16.4 Å². The van der Waals surface area contributed by atoms with Crippen LogP contribution in [0.15, 0.2) is 22.2 Å². The summed E-state index contributed by atoms with van der Waals surface area (Å²) in [4.78, 5) is 25.8. The van der Waals surface area contributed by atoms with Crippen LogP contribution in [0.1, 0.15) is 25.6 Å². The highest BCUT2D eigenvalue weighted by Crippen LogP contribution is 2.25. The van der Waals surface area contributed by atoms with E-state index < -0.39 is 5.97 Å². The summed E-state index contributed by atoms with van der Waals surface area (Å²) >= 11 is 1.09. The van der Waals surface area contributed by atoms with Crippen LogP contribution in [-0.2, 0) is 4.79 Å². The van der Waals surface area contributed by atoms with Crippen LogP contribution in [0.25, 0.3) is 11.4 Å². The summed E-state index contributed by atoms with van der Waals surface area (Å²) in [7, 11) is 0. The number of aromatic amines is 1. The zero-order valence-electron chi connectivity index (χ0n) is 12.0. The van der Waals surface area contributed by atoms with Crippen molar-refractivity contribution in [3.63, 3.8) is 0 Å². The van der Waals surface area contributed by atoms with Crippen molar-refractivity contribution >= 4 is 17.7 Å². The van der Waals surface area contributed by atoms with Gasteiger partial charge < -0.3 is 10.1 Å². The van der Waals surface area contributed by atoms with E-state index in [1.54, 1.807) is 17.7 Å². The van der Waals surface area contributed by atoms with E-state index in [-0.39, 0.29) is 17.2 Å². The van der Waals surface area contributed by atoms with E-state index in [9.17, 15) is 9.59 Å². The summed E-state index contributed by atoms with van der Waals surface area (Å²) in [6, 6.07) is 1.51. The lowest BCUT2D eigenvalue weighted by Gasteiger charge is -2.13. The molecule has 0 aromatic carbocycles. The predicted molar refractivity (Wildman–Crippen MR) is 79.6 cm³/mol. The van der Waals surface area contributed by atoms with Crippen LogP contribution in [0, 0.1) is 6.92 Å². The Hall–Kier alpha value is -2.09. The molecular weight excluding hydrogens is 292 g/mol. The normalized spacial score (nSPS) is 11.0. The van der Waals surface area contributed by atoms with Gasteiger partial charge in [-0.3, -0.25) is 14.2 Å². The number of aryl methyl sites for hydroxylation is 1. The molecule has 0 amide bonds. The van der Waals surface area contributed by atoms with Crippen LogP contribution in [-0.4, -0.2) is 36.6 Å². The molecule has 0 unspecified atom stereocenters. The molecule has 0 bridgehead atoms. The van der Waals surface area contributed by atoms with Gasteiger partial charge in [0.25, 0.3) is 0 Å². The molecule has 0 aliphatic rings. The molecule has 2 aromatic heterocycles. The Morgan fingerprint density at radius 1 is 1.48 bits per heavy atom. The minimum atomic E-state index is -0.923. The van der Waals surface area contributed by atoms with Crippen LogP contribution < -0.4 is 5.43 Å². The van der Waals surface area contributed by atoms with Crippen molar-refractivity contribution in [3.8, 4) is 11.4 Å². The Morgan fingerprint density at radius 2 is 2.19 bits per heavy atom. The topological polar surface area (TPSA) is 101 Å². The zero-order valence-corrected chi connectivity index (χ0v) is 12.8. The first-order valence-corrected chi connectivity index (χ1v) is 7.38. The molecule has 2 rings (SSSR count). The number of thioether (sulfide) groups is 1. The summed E-state index contributed by atoms with van der Waals surface area (Å²) in [5, 5.41) is 17.3. The van der Waals surface area contributed by atoms with E-state index in [1.807, 2.05) is 13.8 Å². The standard InChI is InChI=1S/C13H16N4O3S/c1-7(2)17-12(9-5-14-8(3)4-10(9)18)15-16-13(17)21-6-11(19)20/h4-5,7H,6H2,1-3H3,(H,14,18)(H,19,20). The number of carboxylic acid groups (broad SMARTS) is 1. The van der Waals surface area contributed by atoms with Crippen LogP contribution in [0.3, 0.4) is 0 Å². The SMILES string of the molecule is Cc1cc(=O)c(-c2nnc(SCC(=O)O)n2C(C)C)c[nH]1. The molecule has 0 saturated heterocycles. The number of nitrogens with zero attached hydrogens (tertiary/aromatic N) is 3. The molecule has 0 atom stereocenters. The molecule has 0 aliphatic carbocycles. The maximum Gasteiger partial charge on any atom is 0.313 e. The second-order valence-corrected chi connectivity index (χ2v) is 5.79. The summed E-state index contributed by atoms with van der Waals surface area (Å²) in [5.41, 5.74) is 1.04. The van der Waals surface area contributed by atoms with Crippen molar-refractivity contribution in [1.82, 2.24) is 19.7 Å². The van der Waals surface area contributed by atoms with Gasteiger partial charge in [0.05, 0.1) is 11.3 Å². The van der Waals surface area contributed by atoms with Gasteiger partial charge in [-0.1, -0.05) is 11.8 Å². The van der Waals surface area contributed by atoms with E-state index in [1.165, 1.54) is 6.07 Å². The Balaban J connectivity index is 2.49. The second kappa shape index (κ2) is 6.13. The molecule has 8 heteroatoms. The zero-order chi connectivity index (χ0) is 15.6. The average Bonchev–Trinajstić information content (AvgIpc) is 2.80. The highest BCUT2D eigenvalue weighted by Gasteiger charge is 2.19. The molecule has 7 nitrogen and oxygen atoms in total. The smallest absolute Gasteiger partial charge is 0.313 e. The first kappa shape index (κ1) is 15.3. The quantitative estimate of drug-likeness (QED) is 0.815. The average molecular weight is 308 g/mol. The molecule has 0 spiro atoms. The Bertz CT molecular complexity index is 720. The molecule has 2 heterocycles. The van der Waals surface area contributed by atoms with Gasteiger partial charge in [-0.2, -0.15) is 0 Å². The fourth-order valence-corrected chi connectivity index (χ4v) is 2.69. The fourth-order valence-electron chi connectivity index (χ4n) is 1.90. The van der Waals surface area contributed by atoms with E-state index >= 15 is 0 Å². The minimum absolute atomic E-state index is 0.00648. The minimum Gasteiger partial charge on any atom is -0.481 e. The van der Waals surface area contributed by atoms with E-state index in [0.717, 1.165) is 17.5 Å². The summed E-state index contributed by atoms with van der Waals surface area (Å²) in [6.07, 6.45) is 1.60. The van der Waals surface area contributed by atoms with Crippen LogP contribution >= 0.6 is 11.8 Å². The van der Waals surface area contributed by atoms with Crippen molar-refractivity contribution in [2.24, 2.45) is 0 Å². The number of aliphatic carboxylic acids is 1. The first-order valence-electron chi connectivity index (χ1n) is 6.39. The lowest BCUT2D eigenvalue weighted by Crippen LogP contribution is -2.12. The molecule has 0 saturated carbocycles. The molecule has 2 aromatic rings. The van der Waals surface area contributed by atoms with Crippen LogP contribution in [0.2, 0.25) is 0 Å². The molecule has 21 heavy (non-hydrogen) atoms. The van der Waals surface area contributed by atoms with Gasteiger partial charge in [-0.25, -0.2) is 0 Å². The van der Waals surface area contributed by atoms with Crippen molar-refractivity contribution in [2.45, 2.75) is 32.0 Å². The number of pyridine rings is 1. The molecule has 0 aliphatic heterocycles. The number of carbonyl (C=O) groups is 1. The molecule has 112 valence electrons. The number of H-pyrrole nitrogens is 1. The third-order valence-electron chi connectivity index (χ3n) is 2.80. The van der Waals surface area contributed by atoms with Gasteiger partial charge in [-0.15, -0.1) is 10.2 Å². The number of hydrogen-bond donors (Lipinski definition) is 2. The van der Waals surface area contributed by atoms with Crippen molar-refractivity contribution < 1.29 is 9.90 Å². The van der Waals surface area contributed by atoms with Crippen LogP contribution in [0.4, 0.5) is 0 Å². The predicted octanol–water partition coefficient (Wildman–Crippen LogP) is 1.70. The Morgan fingerprint density at radius 3 is 2.76 bits per heavy atom. The lowest BCUT2D eigenvalue weighted by molar-refractivity contribution is -0.133. The number of rotatable bonds is 5. The van der Waals surface area contributed by atoms with Gasteiger partial charge in [-0.05, 0) is 20.8 Å². The summed E-state index contributed by atoms with van der Waals surface area (Å²) in [5.74, 6) is -0.582. The van der Waals surface area contributed by atoms with Crippen molar-refractivity contribution in [3.05, 3.63) is 28.2 Å². The number of nitrogens with one attached hydrogen (secondary N) is 1. The number of carboxylic acids is 1. The third-order valence-corrected chi connectivity index (χ3v) is 3.73. The number of hydrogen-bond acceptors (Lipinski definition) is 5. The second-order valence-electron chi connectivity index (χ2n) is 4.85. The molecule has 0 radical (unpaired) electrons. The largest absolute Gasteiger partial charge is 0.481 e. The highest BCUT2D eigenvalue weighted by molar-refractivity contribution is 7.99. The molecular formula is C13H16N4O3S. The number of aromatic nitrogens is 4. The van der Waals surface area contributed by atoms with E-state index in [2.05, 4.69) is 15.2 Å². The lowest BCUT2D eigenvalue weighted by atomic mass is 10.2. The Labute approximate surface area is 125 Å². The van der Waals surface area contributed by atoms with Gasteiger partial charge in [0.1, 0.15) is 0 Å². The highest BCUT2D eigenvalue weighted by atomic mass is 32.2. The molecule has 0 fully saturated rings. The van der Waals surface area contributed by atoms with Crippen LogP contribution in [0.5, 0.6) is 0 Å². The summed E-state index contributed by atoms with van der Waals surface area (Å²) in [6.45, 7) is 5.66. The van der Waals surface area contributed by atoms with Gasteiger partial charge in [0, 0.05) is 24.0 Å². The maximum atomic E-state index is 12.1. The van der Waals surface area contributed by atoms with E-state index in [0.29, 0.717) is 16.5 Å².